The normalized spacial score (nSPS) is 20.0. The Labute approximate surface area is 124 Å². The minimum atomic E-state index is -3.29. The van der Waals surface area contributed by atoms with Crippen molar-refractivity contribution in [3.8, 4) is 0 Å². The Morgan fingerprint density at radius 2 is 2.05 bits per heavy atom. The molecule has 0 aliphatic carbocycles. The van der Waals surface area contributed by atoms with E-state index in [9.17, 15) is 8.42 Å². The van der Waals surface area contributed by atoms with Crippen LogP contribution in [0.5, 0.6) is 0 Å². The van der Waals surface area contributed by atoms with E-state index in [2.05, 4.69) is 10.2 Å². The maximum absolute atomic E-state index is 12.5. The molecule has 0 saturated carbocycles. The van der Waals surface area contributed by atoms with Crippen LogP contribution in [0.2, 0.25) is 0 Å². The number of hydrogen-bond acceptors (Lipinski definition) is 4. The summed E-state index contributed by atoms with van der Waals surface area (Å²) in [7, 11) is -3.29. The topological polar surface area (TPSA) is 68.1 Å². The van der Waals surface area contributed by atoms with Crippen LogP contribution in [0.3, 0.4) is 0 Å². The van der Waals surface area contributed by atoms with E-state index in [4.69, 9.17) is 0 Å². The molecule has 1 aliphatic heterocycles. The molecule has 2 aromatic rings. The number of aromatic nitrogens is 3. The van der Waals surface area contributed by atoms with Gasteiger partial charge in [0.2, 0.25) is 10.0 Å². The molecular weight excluding hydrogens is 288 g/mol. The van der Waals surface area contributed by atoms with Gasteiger partial charge in [0.15, 0.2) is 0 Å². The number of sulfonamides is 1. The molecule has 0 N–H and O–H groups in total. The molecule has 1 aromatic carbocycles. The quantitative estimate of drug-likeness (QED) is 0.855. The highest BCUT2D eigenvalue weighted by molar-refractivity contribution is 7.88. The molecule has 0 bridgehead atoms. The first-order valence-corrected chi connectivity index (χ1v) is 8.55. The zero-order valence-corrected chi connectivity index (χ0v) is 12.7. The van der Waals surface area contributed by atoms with E-state index in [1.54, 1.807) is 21.5 Å². The summed E-state index contributed by atoms with van der Waals surface area (Å²) in [4.78, 5) is 1.60. The van der Waals surface area contributed by atoms with Crippen molar-refractivity contribution in [1.82, 2.24) is 19.3 Å². The number of benzene rings is 1. The largest absolute Gasteiger partial charge is 0.218 e. The maximum Gasteiger partial charge on any atom is 0.218 e. The first-order valence-electron chi connectivity index (χ1n) is 6.94. The van der Waals surface area contributed by atoms with Gasteiger partial charge in [-0.25, -0.2) is 8.42 Å². The highest BCUT2D eigenvalue weighted by Crippen LogP contribution is 2.24. The summed E-state index contributed by atoms with van der Waals surface area (Å²) in [6.07, 6.45) is 3.98. The molecule has 1 unspecified atom stereocenters. The molecule has 1 aromatic heterocycles. The lowest BCUT2D eigenvalue weighted by Crippen LogP contribution is -2.30. The highest BCUT2D eigenvalue weighted by Gasteiger charge is 2.33. The first kappa shape index (κ1) is 14.2. The van der Waals surface area contributed by atoms with Gasteiger partial charge in [-0.05, 0) is 18.9 Å². The van der Waals surface area contributed by atoms with Crippen LogP contribution >= 0.6 is 0 Å². The second-order valence-electron chi connectivity index (χ2n) is 5.40. The van der Waals surface area contributed by atoms with Crippen molar-refractivity contribution in [2.45, 2.75) is 25.1 Å². The molecule has 6 nitrogen and oxygen atoms in total. The Kier molecular flexibility index (Phi) is 3.77. The van der Waals surface area contributed by atoms with Gasteiger partial charge in [-0.15, -0.1) is 0 Å². The molecule has 0 spiro atoms. The minimum Gasteiger partial charge on any atom is -0.212 e. The Bertz CT molecular complexity index is 712. The molecule has 0 radical (unpaired) electrons. The monoisotopic (exact) mass is 306 g/mol. The summed E-state index contributed by atoms with van der Waals surface area (Å²) in [5.41, 5.74) is 1.90. The third-order valence-electron chi connectivity index (χ3n) is 3.71. The zero-order chi connectivity index (χ0) is 14.9. The van der Waals surface area contributed by atoms with Gasteiger partial charge in [0.1, 0.15) is 0 Å². The van der Waals surface area contributed by atoms with Gasteiger partial charge in [0, 0.05) is 13.1 Å². The molecule has 1 atom stereocenters. The fourth-order valence-corrected chi connectivity index (χ4v) is 4.24. The van der Waals surface area contributed by atoms with Gasteiger partial charge in [0.25, 0.3) is 0 Å². The van der Waals surface area contributed by atoms with Crippen molar-refractivity contribution < 1.29 is 8.42 Å². The molecule has 1 saturated heterocycles. The first-order chi connectivity index (χ1) is 10.0. The lowest BCUT2D eigenvalue weighted by atomic mass is 10.2. The van der Waals surface area contributed by atoms with Crippen molar-refractivity contribution in [2.75, 3.05) is 13.1 Å². The Hall–Kier alpha value is -1.73. The van der Waals surface area contributed by atoms with Crippen molar-refractivity contribution in [3.63, 3.8) is 0 Å². The van der Waals surface area contributed by atoms with E-state index in [-0.39, 0.29) is 11.8 Å². The molecule has 1 aliphatic rings. The van der Waals surface area contributed by atoms with E-state index in [0.29, 0.717) is 13.1 Å². The second kappa shape index (κ2) is 5.57. The number of hydrogen-bond donors (Lipinski definition) is 0. The third-order valence-corrected chi connectivity index (χ3v) is 5.53. The van der Waals surface area contributed by atoms with E-state index in [1.165, 1.54) is 0 Å². The summed E-state index contributed by atoms with van der Waals surface area (Å²) in [6.45, 7) is 2.94. The van der Waals surface area contributed by atoms with Crippen LogP contribution in [0, 0.1) is 6.92 Å². The van der Waals surface area contributed by atoms with Crippen molar-refractivity contribution in [3.05, 3.63) is 47.8 Å². The van der Waals surface area contributed by atoms with Gasteiger partial charge >= 0.3 is 0 Å². The van der Waals surface area contributed by atoms with E-state index >= 15 is 0 Å². The van der Waals surface area contributed by atoms with Gasteiger partial charge in [0.05, 0.1) is 24.2 Å². The predicted octanol–water partition coefficient (Wildman–Crippen LogP) is 1.36. The molecule has 7 heteroatoms. The van der Waals surface area contributed by atoms with Crippen LogP contribution in [0.15, 0.2) is 36.7 Å². The lowest BCUT2D eigenvalue weighted by Gasteiger charge is -2.16. The van der Waals surface area contributed by atoms with Crippen LogP contribution in [0.25, 0.3) is 0 Å². The van der Waals surface area contributed by atoms with Crippen molar-refractivity contribution in [2.24, 2.45) is 0 Å². The summed E-state index contributed by atoms with van der Waals surface area (Å²) >= 11 is 0. The summed E-state index contributed by atoms with van der Waals surface area (Å²) in [6, 6.07) is 7.66. The van der Waals surface area contributed by atoms with Crippen molar-refractivity contribution in [1.29, 1.82) is 0 Å². The fourth-order valence-electron chi connectivity index (χ4n) is 2.67. The number of nitrogens with zero attached hydrogens (tertiary/aromatic N) is 4. The molecule has 112 valence electrons. The van der Waals surface area contributed by atoms with Crippen LogP contribution in [0.4, 0.5) is 0 Å². The van der Waals surface area contributed by atoms with Crippen LogP contribution < -0.4 is 0 Å². The standard InChI is InChI=1S/C14H18N4O2S/c1-12-3-2-4-13(9-12)11-21(19,20)17-8-5-14(10-17)18-15-6-7-16-18/h2-4,6-7,9,14H,5,8,10-11H2,1H3. The fraction of sp³-hybridized carbons (Fsp3) is 0.429. The average molecular weight is 306 g/mol. The predicted molar refractivity (Wildman–Crippen MR) is 79.1 cm³/mol. The molecule has 3 rings (SSSR count). The molecule has 2 heterocycles. The summed E-state index contributed by atoms with van der Waals surface area (Å²) in [5.74, 6) is 0.0495. The Morgan fingerprint density at radius 3 is 2.76 bits per heavy atom. The molecule has 1 fully saturated rings. The molecular formula is C14H18N4O2S. The zero-order valence-electron chi connectivity index (χ0n) is 11.9. The summed E-state index contributed by atoms with van der Waals surface area (Å²) < 4.78 is 26.6. The van der Waals surface area contributed by atoms with Crippen LogP contribution in [-0.2, 0) is 15.8 Å². The Morgan fingerprint density at radius 1 is 1.29 bits per heavy atom. The van der Waals surface area contributed by atoms with Gasteiger partial charge in [-0.3, -0.25) is 0 Å². The van der Waals surface area contributed by atoms with E-state index in [1.807, 2.05) is 31.2 Å². The van der Waals surface area contributed by atoms with Crippen LogP contribution in [-0.4, -0.2) is 40.8 Å². The van der Waals surface area contributed by atoms with Gasteiger partial charge < -0.3 is 0 Å². The average Bonchev–Trinajstić information content (AvgIpc) is 3.10. The van der Waals surface area contributed by atoms with E-state index in [0.717, 1.165) is 17.5 Å². The highest BCUT2D eigenvalue weighted by atomic mass is 32.2. The van der Waals surface area contributed by atoms with Gasteiger partial charge in [-0.1, -0.05) is 29.8 Å². The number of aryl methyl sites for hydroxylation is 1. The molecule has 21 heavy (non-hydrogen) atoms. The third kappa shape index (κ3) is 3.14. The van der Waals surface area contributed by atoms with Gasteiger partial charge in [-0.2, -0.15) is 19.3 Å². The smallest absolute Gasteiger partial charge is 0.212 e. The number of rotatable bonds is 4. The minimum absolute atomic E-state index is 0.0345. The lowest BCUT2D eigenvalue weighted by molar-refractivity contribution is 0.402. The summed E-state index contributed by atoms with van der Waals surface area (Å²) in [5, 5.41) is 8.19. The van der Waals surface area contributed by atoms with Crippen molar-refractivity contribution >= 4 is 10.0 Å². The molecule has 0 amide bonds. The van der Waals surface area contributed by atoms with Crippen LogP contribution in [0.1, 0.15) is 23.6 Å². The second-order valence-corrected chi connectivity index (χ2v) is 7.36. The Balaban J connectivity index is 1.71. The SMILES string of the molecule is Cc1cccc(CS(=O)(=O)N2CCC(n3nccn3)C2)c1. The van der Waals surface area contributed by atoms with E-state index < -0.39 is 10.0 Å². The maximum atomic E-state index is 12.5.